The zero-order chi connectivity index (χ0) is 21.8. The van der Waals surface area contributed by atoms with Crippen molar-refractivity contribution in [3.8, 4) is 11.5 Å². The van der Waals surface area contributed by atoms with Crippen molar-refractivity contribution in [2.75, 3.05) is 44.4 Å². The van der Waals surface area contributed by atoms with Crippen LogP contribution in [0.1, 0.15) is 18.4 Å². The van der Waals surface area contributed by atoms with Crippen LogP contribution in [0.15, 0.2) is 29.4 Å². The van der Waals surface area contributed by atoms with Crippen molar-refractivity contribution in [1.82, 2.24) is 10.3 Å². The predicted molar refractivity (Wildman–Crippen MR) is 120 cm³/mol. The summed E-state index contributed by atoms with van der Waals surface area (Å²) in [5.74, 6) is 1.03. The monoisotopic (exact) mass is 445 g/mol. The molecule has 164 valence electrons. The Labute approximate surface area is 185 Å². The summed E-state index contributed by atoms with van der Waals surface area (Å²) in [6, 6.07) is 5.52. The maximum absolute atomic E-state index is 13.2. The number of amides is 1. The zero-order valence-electron chi connectivity index (χ0n) is 17.3. The second-order valence-corrected chi connectivity index (χ2v) is 7.85. The number of aromatic nitrogens is 1. The van der Waals surface area contributed by atoms with Crippen LogP contribution in [-0.4, -0.2) is 56.0 Å². The molecule has 6 N–H and O–H groups in total. The summed E-state index contributed by atoms with van der Waals surface area (Å²) in [6.45, 7) is 2.82. The molecule has 0 saturated carbocycles. The van der Waals surface area contributed by atoms with Crippen molar-refractivity contribution in [2.24, 2.45) is 4.99 Å². The van der Waals surface area contributed by atoms with Crippen LogP contribution in [0.2, 0.25) is 5.02 Å². The summed E-state index contributed by atoms with van der Waals surface area (Å²) in [7, 11) is 1.55. The minimum absolute atomic E-state index is 0.164. The molecule has 2 aromatic rings. The molecule has 10 heteroatoms. The van der Waals surface area contributed by atoms with E-state index in [0.29, 0.717) is 46.7 Å². The van der Waals surface area contributed by atoms with E-state index in [0.717, 1.165) is 25.9 Å². The molecular weight excluding hydrogens is 420 g/mol. The summed E-state index contributed by atoms with van der Waals surface area (Å²) in [5, 5.41) is 8.73. The number of nitrogen functional groups attached to an aromatic ring is 1. The number of pyridine rings is 1. The quantitative estimate of drug-likeness (QED) is 0.510. The van der Waals surface area contributed by atoms with Gasteiger partial charge in [-0.3, -0.25) is 9.79 Å². The van der Waals surface area contributed by atoms with E-state index in [-0.39, 0.29) is 17.6 Å². The fourth-order valence-corrected chi connectivity index (χ4v) is 4.03. The maximum Gasteiger partial charge on any atom is 0.274 e. The number of halogens is 1. The third-order valence-corrected chi connectivity index (χ3v) is 5.61. The molecule has 1 fully saturated rings. The number of fused-ring (bicyclic) bond motifs is 1. The topological polar surface area (TPSA) is 127 Å². The van der Waals surface area contributed by atoms with Crippen LogP contribution in [-0.2, 0) is 4.79 Å². The molecule has 9 nitrogen and oxygen atoms in total. The fourth-order valence-electron chi connectivity index (χ4n) is 3.82. The van der Waals surface area contributed by atoms with Crippen molar-refractivity contribution >= 4 is 40.4 Å². The lowest BCUT2D eigenvalue weighted by atomic mass is 10.0. The number of nitrogens with zero attached hydrogens (tertiary/aromatic N) is 2. The van der Waals surface area contributed by atoms with Gasteiger partial charge in [-0.2, -0.15) is 0 Å². The first-order chi connectivity index (χ1) is 15.1. The van der Waals surface area contributed by atoms with Gasteiger partial charge in [0.15, 0.2) is 17.2 Å². The van der Waals surface area contributed by atoms with Crippen LogP contribution in [0.4, 0.5) is 17.2 Å². The Bertz CT molecular complexity index is 1010. The Morgan fingerprint density at radius 1 is 1.35 bits per heavy atom. The second-order valence-electron chi connectivity index (χ2n) is 7.44. The minimum Gasteiger partial charge on any atom is -0.486 e. The third-order valence-electron chi connectivity index (χ3n) is 5.31. The van der Waals surface area contributed by atoms with Gasteiger partial charge in [-0.15, -0.1) is 0 Å². The van der Waals surface area contributed by atoms with Crippen LogP contribution in [0.3, 0.4) is 0 Å². The van der Waals surface area contributed by atoms with Gasteiger partial charge in [0.05, 0.1) is 6.20 Å². The van der Waals surface area contributed by atoms with Crippen LogP contribution in [0, 0.1) is 0 Å². The van der Waals surface area contributed by atoms with E-state index in [1.165, 1.54) is 6.20 Å². The Kier molecular flexibility index (Phi) is 6.55. The number of carbonyl (C=O) groups excluding carboxylic acids is 1. The van der Waals surface area contributed by atoms with Gasteiger partial charge in [0.2, 0.25) is 0 Å². The predicted octanol–water partition coefficient (Wildman–Crippen LogP) is 1.09. The van der Waals surface area contributed by atoms with Crippen LogP contribution >= 0.6 is 11.6 Å². The molecule has 0 bridgehead atoms. The largest absolute Gasteiger partial charge is 0.486 e. The Balaban J connectivity index is 1.61. The molecular formula is C21H26ClN6O3+. The van der Waals surface area contributed by atoms with Gasteiger partial charge in [0.1, 0.15) is 41.4 Å². The number of hydrogen-bond donors (Lipinski definition) is 4. The first kappa shape index (κ1) is 21.4. The summed E-state index contributed by atoms with van der Waals surface area (Å²) in [4.78, 5) is 21.5. The number of benzene rings is 1. The molecule has 2 aliphatic heterocycles. The number of carbonyl (C=O) groups is 1. The molecule has 0 radical (unpaired) electrons. The number of hydrogen-bond acceptors (Lipinski definition) is 7. The van der Waals surface area contributed by atoms with Gasteiger partial charge < -0.3 is 31.2 Å². The lowest BCUT2D eigenvalue weighted by Crippen LogP contribution is -2.87. The molecule has 0 unspecified atom stereocenters. The number of nitrogens with two attached hydrogens (primary N) is 2. The van der Waals surface area contributed by atoms with Crippen molar-refractivity contribution < 1.29 is 19.6 Å². The number of nitrogens with one attached hydrogen (secondary N) is 2. The van der Waals surface area contributed by atoms with Crippen molar-refractivity contribution in [3.63, 3.8) is 0 Å². The van der Waals surface area contributed by atoms with E-state index in [9.17, 15) is 4.79 Å². The Hall–Kier alpha value is -2.88. The number of aliphatic imine (C=N–C) groups is 1. The normalized spacial score (nSPS) is 18.5. The number of ether oxygens (including phenoxy) is 2. The lowest BCUT2D eigenvalue weighted by Gasteiger charge is -2.23. The number of quaternary nitrogens is 1. The van der Waals surface area contributed by atoms with Gasteiger partial charge in [-0.1, -0.05) is 11.6 Å². The first-order valence-electron chi connectivity index (χ1n) is 10.2. The standard InChI is InChI=1S/C21H25ClN6O3/c1-24-19(21(29)28-12-4-5-15-16(9-12)31-8-7-30-15)17-18(14(22)11-26-20(17)23)27-13-3-2-6-25-10-13/h4-5,9,11,13,25H,2-3,6-8,10H2,1H3,(H,28,29)(H3,23,26,27)/p+1/t13-/m1/s1. The van der Waals surface area contributed by atoms with Crippen LogP contribution in [0.25, 0.3) is 0 Å². The molecule has 4 rings (SSSR count). The van der Waals surface area contributed by atoms with Gasteiger partial charge in [0, 0.05) is 31.8 Å². The van der Waals surface area contributed by atoms with Crippen LogP contribution < -0.4 is 31.2 Å². The highest BCUT2D eigenvalue weighted by Gasteiger charge is 2.28. The molecule has 1 amide bonds. The lowest BCUT2D eigenvalue weighted by molar-refractivity contribution is -0.611. The highest BCUT2D eigenvalue weighted by atomic mass is 35.5. The number of piperidine rings is 1. The van der Waals surface area contributed by atoms with E-state index in [1.54, 1.807) is 25.2 Å². The van der Waals surface area contributed by atoms with Crippen molar-refractivity contribution in [1.29, 1.82) is 0 Å². The average molecular weight is 446 g/mol. The molecule has 0 aliphatic carbocycles. The summed E-state index contributed by atoms with van der Waals surface area (Å²) >= 11 is 6.48. The van der Waals surface area contributed by atoms with Crippen LogP contribution in [0.5, 0.6) is 11.5 Å². The molecule has 1 atom stereocenters. The van der Waals surface area contributed by atoms with Gasteiger partial charge in [-0.25, -0.2) is 4.98 Å². The Morgan fingerprint density at radius 3 is 2.90 bits per heavy atom. The molecule has 3 heterocycles. The first-order valence-corrected chi connectivity index (χ1v) is 10.6. The van der Waals surface area contributed by atoms with E-state index >= 15 is 0 Å². The summed E-state index contributed by atoms with van der Waals surface area (Å²) in [5.41, 5.74) is 8.04. The van der Waals surface area contributed by atoms with E-state index in [2.05, 4.69) is 25.9 Å². The molecule has 0 spiro atoms. The molecule has 1 aromatic carbocycles. The van der Waals surface area contributed by atoms with Crippen molar-refractivity contribution in [2.45, 2.75) is 18.9 Å². The fraction of sp³-hybridized carbons (Fsp3) is 0.381. The highest BCUT2D eigenvalue weighted by Crippen LogP contribution is 2.33. The third kappa shape index (κ3) is 4.73. The number of anilines is 2. The second kappa shape index (κ2) is 9.51. The molecule has 1 aromatic heterocycles. The number of rotatable bonds is 5. The van der Waals surface area contributed by atoms with Crippen molar-refractivity contribution in [3.05, 3.63) is 35.0 Å². The molecule has 1 saturated heterocycles. The SMILES string of the molecule is CN=C(C(=O)Nc1ccc2c(c1)OCCO2)c1c(N)ncc(Cl)c1[NH2+][C@@H]1CCCNC1. The smallest absolute Gasteiger partial charge is 0.274 e. The minimum atomic E-state index is -0.411. The molecule has 31 heavy (non-hydrogen) atoms. The van der Waals surface area contributed by atoms with E-state index in [1.807, 2.05) is 0 Å². The Morgan fingerprint density at radius 2 is 2.16 bits per heavy atom. The van der Waals surface area contributed by atoms with Gasteiger partial charge in [0.25, 0.3) is 5.91 Å². The van der Waals surface area contributed by atoms with Gasteiger partial charge >= 0.3 is 0 Å². The average Bonchev–Trinajstić information content (AvgIpc) is 2.79. The maximum atomic E-state index is 13.2. The van der Waals surface area contributed by atoms with Gasteiger partial charge in [-0.05, 0) is 25.1 Å². The summed E-state index contributed by atoms with van der Waals surface area (Å²) in [6.07, 6.45) is 3.62. The zero-order valence-corrected chi connectivity index (χ0v) is 18.0. The van der Waals surface area contributed by atoms with E-state index in [4.69, 9.17) is 26.8 Å². The summed E-state index contributed by atoms with van der Waals surface area (Å²) < 4.78 is 11.1. The molecule has 2 aliphatic rings. The highest BCUT2D eigenvalue weighted by molar-refractivity contribution is 6.51. The van der Waals surface area contributed by atoms with E-state index < -0.39 is 5.91 Å².